The molecule has 0 bridgehead atoms. The van der Waals surface area contributed by atoms with Gasteiger partial charge in [0.2, 0.25) is 0 Å². The van der Waals surface area contributed by atoms with Crippen LogP contribution in [-0.4, -0.2) is 42.3 Å². The Morgan fingerprint density at radius 2 is 1.90 bits per heavy atom. The quantitative estimate of drug-likeness (QED) is 0.830. The Labute approximate surface area is 124 Å². The van der Waals surface area contributed by atoms with Gasteiger partial charge >= 0.3 is 0 Å². The van der Waals surface area contributed by atoms with Crippen LogP contribution in [0.2, 0.25) is 5.15 Å². The first-order chi connectivity index (χ1) is 9.66. The molecule has 0 aliphatic heterocycles. The summed E-state index contributed by atoms with van der Waals surface area (Å²) in [6, 6.07) is 11.9. The van der Waals surface area contributed by atoms with Crippen LogP contribution < -0.4 is 5.32 Å². The summed E-state index contributed by atoms with van der Waals surface area (Å²) in [6.07, 6.45) is 1.05. The predicted octanol–water partition coefficient (Wildman–Crippen LogP) is 3.16. The molecule has 20 heavy (non-hydrogen) atoms. The molecule has 0 spiro atoms. The van der Waals surface area contributed by atoms with Gasteiger partial charge in [-0.15, -0.1) is 10.2 Å². The van der Waals surface area contributed by atoms with E-state index < -0.39 is 0 Å². The van der Waals surface area contributed by atoms with Crippen molar-refractivity contribution in [2.24, 2.45) is 0 Å². The third-order valence-electron chi connectivity index (χ3n) is 2.92. The Bertz CT molecular complexity index is 543. The van der Waals surface area contributed by atoms with Crippen LogP contribution in [-0.2, 0) is 0 Å². The van der Waals surface area contributed by atoms with Gasteiger partial charge in [0.1, 0.15) is 0 Å². The number of rotatable bonds is 6. The van der Waals surface area contributed by atoms with E-state index in [1.165, 1.54) is 0 Å². The fourth-order valence-corrected chi connectivity index (χ4v) is 2.03. The lowest BCUT2D eigenvalue weighted by Crippen LogP contribution is -2.16. The molecule has 5 heteroatoms. The highest BCUT2D eigenvalue weighted by Crippen LogP contribution is 2.24. The van der Waals surface area contributed by atoms with Crippen LogP contribution in [0.15, 0.2) is 36.4 Å². The zero-order chi connectivity index (χ0) is 14.4. The smallest absolute Gasteiger partial charge is 0.174 e. The minimum atomic E-state index is 0.412. The van der Waals surface area contributed by atoms with Crippen LogP contribution in [0.4, 0.5) is 5.69 Å². The molecular weight excluding hydrogens is 272 g/mol. The topological polar surface area (TPSA) is 41.0 Å². The molecule has 2 aromatic rings. The molecule has 2 rings (SSSR count). The first-order valence-corrected chi connectivity index (χ1v) is 7.02. The first kappa shape index (κ1) is 14.8. The largest absolute Gasteiger partial charge is 0.382 e. The normalized spacial score (nSPS) is 10.8. The molecule has 4 nitrogen and oxygen atoms in total. The van der Waals surface area contributed by atoms with E-state index in [0.717, 1.165) is 36.5 Å². The fourth-order valence-electron chi connectivity index (χ4n) is 1.87. The van der Waals surface area contributed by atoms with Crippen molar-refractivity contribution in [2.45, 2.75) is 6.42 Å². The van der Waals surface area contributed by atoms with Crippen LogP contribution >= 0.6 is 11.6 Å². The van der Waals surface area contributed by atoms with E-state index in [2.05, 4.69) is 34.5 Å². The van der Waals surface area contributed by atoms with E-state index in [-0.39, 0.29) is 0 Å². The molecule has 0 radical (unpaired) electrons. The molecular formula is C15H19ClN4. The molecule has 1 heterocycles. The first-order valence-electron chi connectivity index (χ1n) is 6.64. The molecule has 0 amide bonds. The number of benzene rings is 1. The molecule has 1 aromatic carbocycles. The molecule has 1 aromatic heterocycles. The summed E-state index contributed by atoms with van der Waals surface area (Å²) in [6.45, 7) is 1.90. The van der Waals surface area contributed by atoms with Gasteiger partial charge in [0, 0.05) is 12.1 Å². The summed E-state index contributed by atoms with van der Waals surface area (Å²) in [4.78, 5) is 2.16. The van der Waals surface area contributed by atoms with Crippen molar-refractivity contribution in [2.75, 3.05) is 32.5 Å². The van der Waals surface area contributed by atoms with Crippen molar-refractivity contribution >= 4 is 17.3 Å². The number of aromatic nitrogens is 2. The highest BCUT2D eigenvalue weighted by atomic mass is 35.5. The maximum absolute atomic E-state index is 6.08. The number of halogens is 1. The Kier molecular flexibility index (Phi) is 5.32. The molecule has 0 saturated heterocycles. The number of hydrogen-bond acceptors (Lipinski definition) is 4. The van der Waals surface area contributed by atoms with Gasteiger partial charge in [-0.1, -0.05) is 41.9 Å². The minimum absolute atomic E-state index is 0.412. The van der Waals surface area contributed by atoms with Gasteiger partial charge in [-0.25, -0.2) is 0 Å². The molecule has 1 N–H and O–H groups in total. The molecule has 106 valence electrons. The van der Waals surface area contributed by atoms with Crippen LogP contribution in [0.25, 0.3) is 11.3 Å². The lowest BCUT2D eigenvalue weighted by molar-refractivity contribution is 0.405. The number of anilines is 1. The molecule has 0 aliphatic carbocycles. The molecule has 0 saturated carbocycles. The lowest BCUT2D eigenvalue weighted by Gasteiger charge is -2.11. The number of hydrogen-bond donors (Lipinski definition) is 1. The Morgan fingerprint density at radius 3 is 2.60 bits per heavy atom. The second kappa shape index (κ2) is 7.22. The van der Waals surface area contributed by atoms with E-state index in [4.69, 9.17) is 11.6 Å². The highest BCUT2D eigenvalue weighted by molar-refractivity contribution is 6.31. The minimum Gasteiger partial charge on any atom is -0.382 e. The van der Waals surface area contributed by atoms with Crippen molar-refractivity contribution in [1.82, 2.24) is 15.1 Å². The average molecular weight is 291 g/mol. The van der Waals surface area contributed by atoms with Crippen LogP contribution in [0.3, 0.4) is 0 Å². The van der Waals surface area contributed by atoms with E-state index in [1.54, 1.807) is 0 Å². The van der Waals surface area contributed by atoms with E-state index in [9.17, 15) is 0 Å². The fraction of sp³-hybridized carbons (Fsp3) is 0.333. The van der Waals surface area contributed by atoms with Crippen LogP contribution in [0, 0.1) is 0 Å². The van der Waals surface area contributed by atoms with E-state index in [0.29, 0.717) is 5.15 Å². The summed E-state index contributed by atoms with van der Waals surface area (Å²) < 4.78 is 0. The van der Waals surface area contributed by atoms with Gasteiger partial charge < -0.3 is 10.2 Å². The predicted molar refractivity (Wildman–Crippen MR) is 84.1 cm³/mol. The molecule has 0 fully saturated rings. The van der Waals surface area contributed by atoms with Gasteiger partial charge in [-0.05, 0) is 33.1 Å². The Balaban J connectivity index is 2.05. The Morgan fingerprint density at radius 1 is 1.15 bits per heavy atom. The number of nitrogens with zero attached hydrogens (tertiary/aromatic N) is 3. The van der Waals surface area contributed by atoms with Crippen LogP contribution in [0.5, 0.6) is 0 Å². The summed E-state index contributed by atoms with van der Waals surface area (Å²) in [5, 5.41) is 11.9. The second-order valence-corrected chi connectivity index (χ2v) is 5.24. The third kappa shape index (κ3) is 4.18. The summed E-state index contributed by atoms with van der Waals surface area (Å²) in [7, 11) is 4.13. The zero-order valence-corrected chi connectivity index (χ0v) is 12.6. The SMILES string of the molecule is CN(C)CCCNc1cc(-c2ccccc2)nnc1Cl. The standard InChI is InChI=1S/C15H19ClN4/c1-20(2)10-6-9-17-14-11-13(18-19-15(14)16)12-7-4-3-5-8-12/h3-5,7-8,11H,6,9-10H2,1-2H3,(H,17,18). The lowest BCUT2D eigenvalue weighted by atomic mass is 10.1. The van der Waals surface area contributed by atoms with Gasteiger partial charge in [-0.3, -0.25) is 0 Å². The zero-order valence-electron chi connectivity index (χ0n) is 11.8. The van der Waals surface area contributed by atoms with Crippen molar-refractivity contribution < 1.29 is 0 Å². The Hall–Kier alpha value is -1.65. The van der Waals surface area contributed by atoms with Gasteiger partial charge in [0.15, 0.2) is 5.15 Å². The third-order valence-corrected chi connectivity index (χ3v) is 3.20. The summed E-state index contributed by atoms with van der Waals surface area (Å²) in [5.41, 5.74) is 2.69. The summed E-state index contributed by atoms with van der Waals surface area (Å²) in [5.74, 6) is 0. The van der Waals surface area contributed by atoms with Crippen molar-refractivity contribution in [3.05, 3.63) is 41.6 Å². The monoisotopic (exact) mass is 290 g/mol. The van der Waals surface area contributed by atoms with Crippen molar-refractivity contribution in [1.29, 1.82) is 0 Å². The van der Waals surface area contributed by atoms with Gasteiger partial charge in [0.25, 0.3) is 0 Å². The van der Waals surface area contributed by atoms with Crippen LogP contribution in [0.1, 0.15) is 6.42 Å². The van der Waals surface area contributed by atoms with Crippen molar-refractivity contribution in [3.8, 4) is 11.3 Å². The van der Waals surface area contributed by atoms with E-state index >= 15 is 0 Å². The summed E-state index contributed by atoms with van der Waals surface area (Å²) >= 11 is 6.08. The van der Waals surface area contributed by atoms with E-state index in [1.807, 2.05) is 36.4 Å². The number of nitrogens with one attached hydrogen (secondary N) is 1. The highest BCUT2D eigenvalue weighted by Gasteiger charge is 2.06. The average Bonchev–Trinajstić information content (AvgIpc) is 2.46. The van der Waals surface area contributed by atoms with Crippen molar-refractivity contribution in [3.63, 3.8) is 0 Å². The maximum atomic E-state index is 6.08. The molecule has 0 atom stereocenters. The second-order valence-electron chi connectivity index (χ2n) is 4.88. The maximum Gasteiger partial charge on any atom is 0.174 e. The molecule has 0 aliphatic rings. The molecule has 0 unspecified atom stereocenters. The van der Waals surface area contributed by atoms with Gasteiger partial charge in [-0.2, -0.15) is 0 Å². The van der Waals surface area contributed by atoms with Gasteiger partial charge in [0.05, 0.1) is 11.4 Å².